The van der Waals surface area contributed by atoms with E-state index in [-0.39, 0.29) is 17.5 Å². The number of anilines is 1. The third-order valence-corrected chi connectivity index (χ3v) is 3.95. The molecule has 1 aromatic carbocycles. The van der Waals surface area contributed by atoms with Gasteiger partial charge in [0.25, 0.3) is 5.91 Å². The quantitative estimate of drug-likeness (QED) is 0.785. The van der Waals surface area contributed by atoms with Gasteiger partial charge in [-0.2, -0.15) is 5.10 Å². The van der Waals surface area contributed by atoms with Gasteiger partial charge in [0.15, 0.2) is 5.69 Å². The fourth-order valence-electron chi connectivity index (χ4n) is 2.09. The van der Waals surface area contributed by atoms with E-state index in [2.05, 4.69) is 20.5 Å². The van der Waals surface area contributed by atoms with Crippen molar-refractivity contribution in [1.82, 2.24) is 24.5 Å². The number of amides is 1. The molecule has 0 aliphatic carbocycles. The molecule has 124 valence electrons. The lowest BCUT2D eigenvalue weighted by Gasteiger charge is -2.01. The van der Waals surface area contributed by atoms with E-state index in [0.29, 0.717) is 17.3 Å². The number of halogens is 2. The highest BCUT2D eigenvalue weighted by Crippen LogP contribution is 2.19. The number of carbonyl (C=O) groups excluding carboxylic acids is 1. The van der Waals surface area contributed by atoms with E-state index in [4.69, 9.17) is 11.6 Å². The van der Waals surface area contributed by atoms with Crippen molar-refractivity contribution in [3.63, 3.8) is 0 Å². The lowest BCUT2D eigenvalue weighted by atomic mass is 10.2. The number of hydrogen-bond acceptors (Lipinski definition) is 4. The molecule has 1 amide bonds. The molecule has 0 spiro atoms. The number of carbonyl (C=O) groups is 1. The van der Waals surface area contributed by atoms with Crippen molar-refractivity contribution in [2.45, 2.75) is 13.5 Å². The molecule has 3 aromatic rings. The van der Waals surface area contributed by atoms with Crippen molar-refractivity contribution in [3.05, 3.63) is 58.4 Å². The molecule has 1 N–H and O–H groups in total. The molecule has 0 saturated heterocycles. The highest BCUT2D eigenvalue weighted by molar-refractivity contribution is 6.34. The molecule has 3 rings (SSSR count). The van der Waals surface area contributed by atoms with E-state index in [1.54, 1.807) is 26.1 Å². The maximum Gasteiger partial charge on any atom is 0.280 e. The van der Waals surface area contributed by atoms with Crippen LogP contribution in [-0.2, 0) is 13.6 Å². The van der Waals surface area contributed by atoms with E-state index in [1.807, 2.05) is 0 Å². The van der Waals surface area contributed by atoms with Crippen LogP contribution >= 0.6 is 11.6 Å². The Morgan fingerprint density at radius 3 is 2.62 bits per heavy atom. The first kappa shape index (κ1) is 16.1. The Labute approximate surface area is 142 Å². The molecule has 24 heavy (non-hydrogen) atoms. The molecule has 0 saturated carbocycles. The minimum absolute atomic E-state index is 0.117. The van der Waals surface area contributed by atoms with Crippen LogP contribution in [0.4, 0.5) is 10.3 Å². The predicted molar refractivity (Wildman–Crippen MR) is 86.4 cm³/mol. The first-order chi connectivity index (χ1) is 11.4. The van der Waals surface area contributed by atoms with Crippen molar-refractivity contribution in [1.29, 1.82) is 0 Å². The Bertz CT molecular complexity index is 886. The zero-order valence-electron chi connectivity index (χ0n) is 13.0. The van der Waals surface area contributed by atoms with Gasteiger partial charge in [-0.1, -0.05) is 23.7 Å². The minimum atomic E-state index is -0.483. The molecule has 2 heterocycles. The Morgan fingerprint density at radius 2 is 2.00 bits per heavy atom. The lowest BCUT2D eigenvalue weighted by Crippen LogP contribution is -2.15. The number of nitrogens with one attached hydrogen (secondary N) is 1. The maximum atomic E-state index is 12.9. The summed E-state index contributed by atoms with van der Waals surface area (Å²) in [4.78, 5) is 16.2. The molecule has 0 atom stereocenters. The largest absolute Gasteiger partial charge is 0.288 e. The highest BCUT2D eigenvalue weighted by atomic mass is 35.5. The van der Waals surface area contributed by atoms with Crippen molar-refractivity contribution in [3.8, 4) is 0 Å². The molecule has 0 bridgehead atoms. The van der Waals surface area contributed by atoms with Crippen molar-refractivity contribution >= 4 is 23.5 Å². The van der Waals surface area contributed by atoms with Crippen molar-refractivity contribution in [2.75, 3.05) is 5.32 Å². The average Bonchev–Trinajstić information content (AvgIpc) is 3.09. The molecular formula is C15H14ClFN6O. The summed E-state index contributed by atoms with van der Waals surface area (Å²) in [5.74, 6) is -0.641. The van der Waals surface area contributed by atoms with Crippen LogP contribution in [0.3, 0.4) is 0 Å². The van der Waals surface area contributed by atoms with Gasteiger partial charge in [-0.3, -0.25) is 14.8 Å². The number of aromatic nitrogens is 5. The summed E-state index contributed by atoms with van der Waals surface area (Å²) in [6.07, 6.45) is 1.48. The summed E-state index contributed by atoms with van der Waals surface area (Å²) in [6, 6.07) is 6.07. The molecule has 0 aliphatic heterocycles. The first-order valence-corrected chi connectivity index (χ1v) is 7.46. The third-order valence-electron chi connectivity index (χ3n) is 3.50. The van der Waals surface area contributed by atoms with Gasteiger partial charge >= 0.3 is 0 Å². The van der Waals surface area contributed by atoms with Crippen molar-refractivity contribution in [2.24, 2.45) is 7.05 Å². The van der Waals surface area contributed by atoms with Gasteiger partial charge in [0.2, 0.25) is 5.95 Å². The number of nitrogens with zero attached hydrogens (tertiary/aromatic N) is 5. The topological polar surface area (TPSA) is 77.6 Å². The molecular weight excluding hydrogens is 335 g/mol. The molecule has 2 aromatic heterocycles. The fourth-order valence-corrected chi connectivity index (χ4v) is 2.34. The molecule has 0 radical (unpaired) electrons. The van der Waals surface area contributed by atoms with E-state index < -0.39 is 5.91 Å². The monoisotopic (exact) mass is 348 g/mol. The summed E-state index contributed by atoms with van der Waals surface area (Å²) < 4.78 is 16.0. The van der Waals surface area contributed by atoms with E-state index in [9.17, 15) is 9.18 Å². The second-order valence-corrected chi connectivity index (χ2v) is 5.60. The Balaban J connectivity index is 1.70. The maximum absolute atomic E-state index is 12.9. The van der Waals surface area contributed by atoms with Crippen LogP contribution in [0.2, 0.25) is 5.02 Å². The van der Waals surface area contributed by atoms with E-state index >= 15 is 0 Å². The number of hydrogen-bond donors (Lipinski definition) is 1. The van der Waals surface area contributed by atoms with Gasteiger partial charge in [-0.05, 0) is 24.6 Å². The van der Waals surface area contributed by atoms with Gasteiger partial charge in [0.05, 0.1) is 17.3 Å². The predicted octanol–water partition coefficient (Wildman–Crippen LogP) is 2.41. The van der Waals surface area contributed by atoms with E-state index in [0.717, 1.165) is 5.56 Å². The van der Waals surface area contributed by atoms with Crippen LogP contribution in [0.5, 0.6) is 0 Å². The zero-order valence-corrected chi connectivity index (χ0v) is 13.8. The normalized spacial score (nSPS) is 10.8. The second-order valence-electron chi connectivity index (χ2n) is 5.22. The summed E-state index contributed by atoms with van der Waals surface area (Å²) >= 11 is 6.08. The lowest BCUT2D eigenvalue weighted by molar-refractivity contribution is 0.102. The smallest absolute Gasteiger partial charge is 0.280 e. The van der Waals surface area contributed by atoms with E-state index in [1.165, 1.54) is 27.8 Å². The molecule has 7 nitrogen and oxygen atoms in total. The molecule has 9 heteroatoms. The van der Waals surface area contributed by atoms with Gasteiger partial charge in [-0.25, -0.2) is 14.1 Å². The highest BCUT2D eigenvalue weighted by Gasteiger charge is 2.19. The average molecular weight is 349 g/mol. The molecule has 0 aliphatic rings. The summed E-state index contributed by atoms with van der Waals surface area (Å²) in [6.45, 7) is 2.17. The Hall–Kier alpha value is -2.74. The van der Waals surface area contributed by atoms with Crippen molar-refractivity contribution < 1.29 is 9.18 Å². The second kappa shape index (κ2) is 6.40. The zero-order chi connectivity index (χ0) is 17.3. The number of aryl methyl sites for hydroxylation is 1. The first-order valence-electron chi connectivity index (χ1n) is 7.08. The van der Waals surface area contributed by atoms with Crippen LogP contribution in [0, 0.1) is 12.7 Å². The summed E-state index contributed by atoms with van der Waals surface area (Å²) in [5.41, 5.74) is 1.67. The SMILES string of the molecule is Cc1c(Cl)c(C(=O)Nc2ncn(Cc3ccc(F)cc3)n2)nn1C. The third kappa shape index (κ3) is 3.28. The Kier molecular flexibility index (Phi) is 4.30. The standard InChI is InChI=1S/C15H14ClFN6O/c1-9-12(16)13(20-22(9)2)14(24)19-15-18-8-23(21-15)7-10-3-5-11(17)6-4-10/h3-6,8H,7H2,1-2H3,(H,19,21,24). The van der Waals surface area contributed by atoms with Gasteiger partial charge in [0.1, 0.15) is 12.1 Å². The van der Waals surface area contributed by atoms with Crippen LogP contribution in [0.15, 0.2) is 30.6 Å². The summed E-state index contributed by atoms with van der Waals surface area (Å²) in [5, 5.41) is 11.1. The van der Waals surface area contributed by atoms with Crippen LogP contribution in [0.25, 0.3) is 0 Å². The van der Waals surface area contributed by atoms with Crippen LogP contribution in [-0.4, -0.2) is 30.5 Å². The van der Waals surface area contributed by atoms with Gasteiger partial charge < -0.3 is 0 Å². The Morgan fingerprint density at radius 1 is 1.29 bits per heavy atom. The molecule has 0 fully saturated rings. The fraction of sp³-hybridized carbons (Fsp3) is 0.200. The minimum Gasteiger partial charge on any atom is -0.288 e. The van der Waals surface area contributed by atoms with Gasteiger partial charge in [-0.15, -0.1) is 5.10 Å². The molecule has 0 unspecified atom stereocenters. The number of benzene rings is 1. The number of rotatable bonds is 4. The van der Waals surface area contributed by atoms with Crippen LogP contribution in [0.1, 0.15) is 21.7 Å². The van der Waals surface area contributed by atoms with Gasteiger partial charge in [0, 0.05) is 7.05 Å². The van der Waals surface area contributed by atoms with Crippen LogP contribution < -0.4 is 5.32 Å². The summed E-state index contributed by atoms with van der Waals surface area (Å²) in [7, 11) is 1.70.